The fraction of sp³-hybridized carbons (Fsp3) is 0.692. The quantitative estimate of drug-likeness (QED) is 0.730. The molecular weight excluding hydrogens is 228 g/mol. The predicted octanol–water partition coefficient (Wildman–Crippen LogP) is 1.17. The van der Waals surface area contributed by atoms with Gasteiger partial charge in [0, 0.05) is 25.0 Å². The van der Waals surface area contributed by atoms with Gasteiger partial charge in [-0.3, -0.25) is 9.48 Å². The maximum atomic E-state index is 11.8. The zero-order valence-corrected chi connectivity index (χ0v) is 11.5. The minimum atomic E-state index is -0.167. The Hall–Kier alpha value is -1.36. The summed E-state index contributed by atoms with van der Waals surface area (Å²) in [7, 11) is 0. The van der Waals surface area contributed by atoms with Crippen LogP contribution in [0.5, 0.6) is 0 Å². The lowest BCUT2D eigenvalue weighted by atomic mass is 10.2. The molecule has 1 rings (SSSR count). The molecule has 0 saturated heterocycles. The van der Waals surface area contributed by atoms with Crippen molar-refractivity contribution in [3.05, 3.63) is 18.5 Å². The molecule has 1 aromatic heterocycles. The molecule has 0 aliphatic rings. The zero-order chi connectivity index (χ0) is 13.4. The Morgan fingerprint density at radius 2 is 2.22 bits per heavy atom. The van der Waals surface area contributed by atoms with Gasteiger partial charge >= 0.3 is 0 Å². The molecule has 5 heteroatoms. The average Bonchev–Trinajstić information content (AvgIpc) is 2.82. The van der Waals surface area contributed by atoms with E-state index in [1.54, 1.807) is 6.20 Å². The Bertz CT molecular complexity index is 337. The summed E-state index contributed by atoms with van der Waals surface area (Å²) in [5.41, 5.74) is 0. The lowest BCUT2D eigenvalue weighted by Crippen LogP contribution is -2.46. The summed E-state index contributed by atoms with van der Waals surface area (Å²) < 4.78 is 1.84. The van der Waals surface area contributed by atoms with Crippen molar-refractivity contribution in [2.24, 2.45) is 0 Å². The number of hydrogen-bond donors (Lipinski definition) is 2. The van der Waals surface area contributed by atoms with E-state index in [0.29, 0.717) is 0 Å². The molecule has 1 amide bonds. The summed E-state index contributed by atoms with van der Waals surface area (Å²) in [6, 6.07) is 1.97. The van der Waals surface area contributed by atoms with Crippen molar-refractivity contribution in [3.63, 3.8) is 0 Å². The van der Waals surface area contributed by atoms with Crippen LogP contribution in [0.1, 0.15) is 33.6 Å². The molecule has 0 radical (unpaired) electrons. The third kappa shape index (κ3) is 5.31. The first-order valence-electron chi connectivity index (χ1n) is 6.64. The number of aromatic nitrogens is 2. The molecule has 0 aliphatic carbocycles. The van der Waals surface area contributed by atoms with E-state index in [9.17, 15) is 4.79 Å². The van der Waals surface area contributed by atoms with Gasteiger partial charge in [-0.1, -0.05) is 13.3 Å². The maximum absolute atomic E-state index is 11.8. The number of rotatable bonds is 8. The second-order valence-corrected chi connectivity index (χ2v) is 4.64. The van der Waals surface area contributed by atoms with Crippen LogP contribution in [0.15, 0.2) is 18.5 Å². The molecule has 0 aromatic carbocycles. The monoisotopic (exact) mass is 252 g/mol. The van der Waals surface area contributed by atoms with E-state index >= 15 is 0 Å². The predicted molar refractivity (Wildman–Crippen MR) is 72.2 cm³/mol. The average molecular weight is 252 g/mol. The van der Waals surface area contributed by atoms with Crippen molar-refractivity contribution in [1.82, 2.24) is 20.4 Å². The molecule has 0 aliphatic heterocycles. The Morgan fingerprint density at radius 1 is 1.44 bits per heavy atom. The molecule has 2 N–H and O–H groups in total. The number of amides is 1. The first kappa shape index (κ1) is 14.7. The SMILES string of the molecule is CCCC(C)NC(=O)C(C)NCCn1cccn1. The van der Waals surface area contributed by atoms with Crippen molar-refractivity contribution in [2.75, 3.05) is 6.54 Å². The van der Waals surface area contributed by atoms with Gasteiger partial charge in [-0.05, 0) is 26.3 Å². The Labute approximate surface area is 109 Å². The van der Waals surface area contributed by atoms with Crippen LogP contribution in [0.3, 0.4) is 0 Å². The molecule has 2 atom stereocenters. The van der Waals surface area contributed by atoms with Crippen LogP contribution >= 0.6 is 0 Å². The normalized spacial score (nSPS) is 14.2. The molecule has 102 valence electrons. The lowest BCUT2D eigenvalue weighted by molar-refractivity contribution is -0.123. The van der Waals surface area contributed by atoms with E-state index in [1.165, 1.54) is 0 Å². The third-order valence-electron chi connectivity index (χ3n) is 2.85. The van der Waals surface area contributed by atoms with Crippen LogP contribution in [-0.4, -0.2) is 34.3 Å². The van der Waals surface area contributed by atoms with E-state index in [0.717, 1.165) is 25.9 Å². The van der Waals surface area contributed by atoms with Crippen molar-refractivity contribution >= 4 is 5.91 Å². The van der Waals surface area contributed by atoms with Crippen LogP contribution in [0, 0.1) is 0 Å². The van der Waals surface area contributed by atoms with Gasteiger partial charge in [-0.2, -0.15) is 5.10 Å². The highest BCUT2D eigenvalue weighted by Crippen LogP contribution is 1.95. The second kappa shape index (κ2) is 7.87. The number of nitrogens with zero attached hydrogens (tertiary/aromatic N) is 2. The van der Waals surface area contributed by atoms with E-state index in [4.69, 9.17) is 0 Å². The summed E-state index contributed by atoms with van der Waals surface area (Å²) in [6.07, 6.45) is 5.77. The largest absolute Gasteiger partial charge is 0.352 e. The van der Waals surface area contributed by atoms with Gasteiger partial charge < -0.3 is 10.6 Å². The minimum absolute atomic E-state index is 0.0661. The molecule has 0 bridgehead atoms. The molecule has 0 saturated carbocycles. The summed E-state index contributed by atoms with van der Waals surface area (Å²) >= 11 is 0. The van der Waals surface area contributed by atoms with Crippen LogP contribution in [0.4, 0.5) is 0 Å². The van der Waals surface area contributed by atoms with E-state index in [1.807, 2.05) is 30.8 Å². The van der Waals surface area contributed by atoms with Gasteiger partial charge in [0.2, 0.25) is 5.91 Å². The van der Waals surface area contributed by atoms with Crippen molar-refractivity contribution in [2.45, 2.75) is 52.2 Å². The first-order valence-corrected chi connectivity index (χ1v) is 6.64. The van der Waals surface area contributed by atoms with E-state index in [2.05, 4.69) is 22.7 Å². The number of carbonyl (C=O) groups excluding carboxylic acids is 1. The Kier molecular flexibility index (Phi) is 6.43. The number of nitrogens with one attached hydrogen (secondary N) is 2. The highest BCUT2D eigenvalue weighted by molar-refractivity contribution is 5.81. The third-order valence-corrected chi connectivity index (χ3v) is 2.85. The van der Waals surface area contributed by atoms with Crippen LogP contribution < -0.4 is 10.6 Å². The Balaban J connectivity index is 2.19. The fourth-order valence-corrected chi connectivity index (χ4v) is 1.79. The maximum Gasteiger partial charge on any atom is 0.237 e. The van der Waals surface area contributed by atoms with Crippen LogP contribution in [0.2, 0.25) is 0 Å². The fourth-order valence-electron chi connectivity index (χ4n) is 1.79. The standard InChI is InChI=1S/C13H24N4O/c1-4-6-11(2)16-13(18)12(3)14-8-10-17-9-5-7-15-17/h5,7,9,11-12,14H,4,6,8,10H2,1-3H3,(H,16,18). The summed E-state index contributed by atoms with van der Waals surface area (Å²) in [4.78, 5) is 11.8. The number of carbonyl (C=O) groups is 1. The van der Waals surface area contributed by atoms with Gasteiger partial charge in [-0.25, -0.2) is 0 Å². The van der Waals surface area contributed by atoms with Crippen LogP contribution in [-0.2, 0) is 11.3 Å². The van der Waals surface area contributed by atoms with Gasteiger partial charge in [0.1, 0.15) is 0 Å². The molecular formula is C13H24N4O. The van der Waals surface area contributed by atoms with Crippen molar-refractivity contribution < 1.29 is 4.79 Å². The molecule has 1 heterocycles. The van der Waals surface area contributed by atoms with Crippen molar-refractivity contribution in [1.29, 1.82) is 0 Å². The molecule has 5 nitrogen and oxygen atoms in total. The smallest absolute Gasteiger partial charge is 0.237 e. The molecule has 18 heavy (non-hydrogen) atoms. The highest BCUT2D eigenvalue weighted by atomic mass is 16.2. The molecule has 0 fully saturated rings. The molecule has 1 aromatic rings. The summed E-state index contributed by atoms with van der Waals surface area (Å²) in [5.74, 6) is 0.0661. The lowest BCUT2D eigenvalue weighted by Gasteiger charge is -2.18. The summed E-state index contributed by atoms with van der Waals surface area (Å²) in [5, 5.41) is 10.3. The van der Waals surface area contributed by atoms with Gasteiger partial charge in [0.25, 0.3) is 0 Å². The second-order valence-electron chi connectivity index (χ2n) is 4.64. The van der Waals surface area contributed by atoms with Gasteiger partial charge in [0.15, 0.2) is 0 Å². The van der Waals surface area contributed by atoms with Crippen LogP contribution in [0.25, 0.3) is 0 Å². The first-order chi connectivity index (χ1) is 8.63. The van der Waals surface area contributed by atoms with E-state index < -0.39 is 0 Å². The topological polar surface area (TPSA) is 59.0 Å². The van der Waals surface area contributed by atoms with E-state index in [-0.39, 0.29) is 18.0 Å². The summed E-state index contributed by atoms with van der Waals surface area (Å²) in [6.45, 7) is 7.55. The minimum Gasteiger partial charge on any atom is -0.352 e. The van der Waals surface area contributed by atoms with Gasteiger partial charge in [-0.15, -0.1) is 0 Å². The zero-order valence-electron chi connectivity index (χ0n) is 11.5. The Morgan fingerprint density at radius 3 is 2.83 bits per heavy atom. The highest BCUT2D eigenvalue weighted by Gasteiger charge is 2.13. The van der Waals surface area contributed by atoms with Crippen molar-refractivity contribution in [3.8, 4) is 0 Å². The molecule has 0 spiro atoms. The molecule has 2 unspecified atom stereocenters. The number of hydrogen-bond acceptors (Lipinski definition) is 3. The van der Waals surface area contributed by atoms with Gasteiger partial charge in [0.05, 0.1) is 12.6 Å².